The van der Waals surface area contributed by atoms with Gasteiger partial charge in [0.25, 0.3) is 0 Å². The summed E-state index contributed by atoms with van der Waals surface area (Å²) in [6.45, 7) is 3.56. The lowest BCUT2D eigenvalue weighted by Crippen LogP contribution is -2.33. The molecular formula is C14H25NO4. The normalized spacial score (nSPS) is 19.5. The molecule has 0 aromatic carbocycles. The molecule has 0 bridgehead atoms. The number of hydrogen-bond acceptors (Lipinski definition) is 5. The second kappa shape index (κ2) is 8.15. The maximum Gasteiger partial charge on any atom is 0.322 e. The van der Waals surface area contributed by atoms with Gasteiger partial charge in [-0.25, -0.2) is 0 Å². The summed E-state index contributed by atoms with van der Waals surface area (Å²) in [5.74, 6) is -0.595. The van der Waals surface area contributed by atoms with Gasteiger partial charge in [0, 0.05) is 0 Å². The van der Waals surface area contributed by atoms with E-state index >= 15 is 0 Å². The molecule has 0 spiro atoms. The van der Waals surface area contributed by atoms with Crippen molar-refractivity contribution in [1.82, 2.24) is 0 Å². The zero-order valence-corrected chi connectivity index (χ0v) is 11.9. The van der Waals surface area contributed by atoms with Gasteiger partial charge in [0.15, 0.2) is 0 Å². The Morgan fingerprint density at radius 2 is 1.89 bits per heavy atom. The third kappa shape index (κ3) is 5.59. The van der Waals surface area contributed by atoms with E-state index in [1.807, 2.05) is 6.92 Å². The van der Waals surface area contributed by atoms with Gasteiger partial charge in [-0.05, 0) is 26.2 Å². The minimum absolute atomic E-state index is 0.0203. The Morgan fingerprint density at radius 1 is 1.26 bits per heavy atom. The summed E-state index contributed by atoms with van der Waals surface area (Å²) in [5.41, 5.74) is 5.40. The molecule has 5 heteroatoms. The van der Waals surface area contributed by atoms with Crippen LogP contribution in [0.1, 0.15) is 52.4 Å². The molecule has 1 fully saturated rings. The Hall–Kier alpha value is -1.10. The zero-order chi connectivity index (χ0) is 14.3. The summed E-state index contributed by atoms with van der Waals surface area (Å²) in [6, 6.07) is -0.647. The van der Waals surface area contributed by atoms with Crippen LogP contribution < -0.4 is 5.73 Å². The van der Waals surface area contributed by atoms with Gasteiger partial charge in [0.05, 0.1) is 5.92 Å². The van der Waals surface area contributed by atoms with Gasteiger partial charge in [-0.1, -0.05) is 26.2 Å². The summed E-state index contributed by atoms with van der Waals surface area (Å²) in [6.07, 6.45) is 5.48. The van der Waals surface area contributed by atoms with Crippen LogP contribution in [0.25, 0.3) is 0 Å². The highest BCUT2D eigenvalue weighted by molar-refractivity contribution is 5.75. The molecule has 19 heavy (non-hydrogen) atoms. The standard InChI is InChI=1S/C14H25NO4/c1-3-12(9-18-13(16)10(2)15)19-14(17)11-7-5-4-6-8-11/h10-12H,3-9,15H2,1-2H3. The number of carbonyl (C=O) groups excluding carboxylic acids is 2. The number of carbonyl (C=O) groups is 2. The van der Waals surface area contributed by atoms with Crippen LogP contribution in [0, 0.1) is 5.92 Å². The molecule has 0 saturated heterocycles. The first kappa shape index (κ1) is 16.0. The Labute approximate surface area is 114 Å². The van der Waals surface area contributed by atoms with Crippen LogP contribution >= 0.6 is 0 Å². The molecule has 0 radical (unpaired) electrons. The number of esters is 2. The third-order valence-corrected chi connectivity index (χ3v) is 3.46. The van der Waals surface area contributed by atoms with Crippen molar-refractivity contribution in [2.24, 2.45) is 11.7 Å². The van der Waals surface area contributed by atoms with E-state index in [9.17, 15) is 9.59 Å². The van der Waals surface area contributed by atoms with E-state index < -0.39 is 12.0 Å². The minimum atomic E-state index is -0.647. The highest BCUT2D eigenvalue weighted by Crippen LogP contribution is 2.25. The predicted octanol–water partition coefficient (Wildman–Crippen LogP) is 1.78. The molecule has 5 nitrogen and oxygen atoms in total. The van der Waals surface area contributed by atoms with Crippen molar-refractivity contribution in [3.8, 4) is 0 Å². The molecule has 1 saturated carbocycles. The van der Waals surface area contributed by atoms with Gasteiger partial charge in [-0.2, -0.15) is 0 Å². The Morgan fingerprint density at radius 3 is 2.42 bits per heavy atom. The first-order valence-electron chi connectivity index (χ1n) is 7.17. The fourth-order valence-electron chi connectivity index (χ4n) is 2.14. The van der Waals surface area contributed by atoms with Crippen molar-refractivity contribution >= 4 is 11.9 Å². The number of hydrogen-bond donors (Lipinski definition) is 1. The molecule has 110 valence electrons. The minimum Gasteiger partial charge on any atom is -0.461 e. The van der Waals surface area contributed by atoms with Crippen molar-refractivity contribution in [3.05, 3.63) is 0 Å². The van der Waals surface area contributed by atoms with E-state index in [1.54, 1.807) is 6.92 Å². The third-order valence-electron chi connectivity index (χ3n) is 3.46. The van der Waals surface area contributed by atoms with Crippen LogP contribution in [0.15, 0.2) is 0 Å². The van der Waals surface area contributed by atoms with Crippen LogP contribution in [-0.2, 0) is 19.1 Å². The zero-order valence-electron chi connectivity index (χ0n) is 11.9. The Balaban J connectivity index is 2.34. The summed E-state index contributed by atoms with van der Waals surface area (Å²) in [4.78, 5) is 23.2. The van der Waals surface area contributed by atoms with Gasteiger partial charge in [-0.3, -0.25) is 9.59 Å². The molecule has 0 aromatic rings. The highest BCUT2D eigenvalue weighted by Gasteiger charge is 2.25. The quantitative estimate of drug-likeness (QED) is 0.745. The van der Waals surface area contributed by atoms with Crippen LogP contribution in [-0.4, -0.2) is 30.7 Å². The van der Waals surface area contributed by atoms with Crippen molar-refractivity contribution < 1.29 is 19.1 Å². The van der Waals surface area contributed by atoms with E-state index in [4.69, 9.17) is 15.2 Å². The average Bonchev–Trinajstić information content (AvgIpc) is 2.43. The summed E-state index contributed by atoms with van der Waals surface area (Å²) in [7, 11) is 0. The summed E-state index contributed by atoms with van der Waals surface area (Å²) >= 11 is 0. The SMILES string of the molecule is CCC(COC(=O)C(C)N)OC(=O)C1CCCCC1. The molecule has 0 aromatic heterocycles. The van der Waals surface area contributed by atoms with Crippen LogP contribution in [0.2, 0.25) is 0 Å². The topological polar surface area (TPSA) is 78.6 Å². The highest BCUT2D eigenvalue weighted by atomic mass is 16.6. The van der Waals surface area contributed by atoms with Gasteiger partial charge >= 0.3 is 11.9 Å². The van der Waals surface area contributed by atoms with E-state index in [1.165, 1.54) is 6.42 Å². The van der Waals surface area contributed by atoms with Gasteiger partial charge in [-0.15, -0.1) is 0 Å². The van der Waals surface area contributed by atoms with E-state index in [-0.39, 0.29) is 24.6 Å². The average molecular weight is 271 g/mol. The van der Waals surface area contributed by atoms with Crippen molar-refractivity contribution in [3.63, 3.8) is 0 Å². The molecule has 2 atom stereocenters. The van der Waals surface area contributed by atoms with Crippen molar-refractivity contribution in [1.29, 1.82) is 0 Å². The number of nitrogens with two attached hydrogens (primary N) is 1. The monoisotopic (exact) mass is 271 g/mol. The van der Waals surface area contributed by atoms with Gasteiger partial charge < -0.3 is 15.2 Å². The molecule has 0 heterocycles. The lowest BCUT2D eigenvalue weighted by atomic mass is 9.89. The molecule has 1 aliphatic carbocycles. The van der Waals surface area contributed by atoms with Crippen LogP contribution in [0.4, 0.5) is 0 Å². The fraction of sp³-hybridized carbons (Fsp3) is 0.857. The maximum atomic E-state index is 12.0. The van der Waals surface area contributed by atoms with Crippen molar-refractivity contribution in [2.45, 2.75) is 64.5 Å². The fourth-order valence-corrected chi connectivity index (χ4v) is 2.14. The molecule has 2 N–H and O–H groups in total. The number of rotatable bonds is 6. The number of ether oxygens (including phenoxy) is 2. The van der Waals surface area contributed by atoms with E-state index in [2.05, 4.69) is 0 Å². The summed E-state index contributed by atoms with van der Waals surface area (Å²) in [5, 5.41) is 0. The molecule has 2 unspecified atom stereocenters. The smallest absolute Gasteiger partial charge is 0.322 e. The lowest BCUT2D eigenvalue weighted by Gasteiger charge is -2.23. The van der Waals surface area contributed by atoms with E-state index in [0.717, 1.165) is 25.7 Å². The van der Waals surface area contributed by atoms with E-state index in [0.29, 0.717) is 6.42 Å². The molecule has 0 amide bonds. The largest absolute Gasteiger partial charge is 0.461 e. The molecule has 0 aliphatic heterocycles. The first-order chi connectivity index (χ1) is 9.04. The molecule has 1 rings (SSSR count). The molecule has 1 aliphatic rings. The van der Waals surface area contributed by atoms with Gasteiger partial charge in [0.2, 0.25) is 0 Å². The van der Waals surface area contributed by atoms with Crippen molar-refractivity contribution in [2.75, 3.05) is 6.61 Å². The van der Waals surface area contributed by atoms with Gasteiger partial charge in [0.1, 0.15) is 18.8 Å². The second-order valence-electron chi connectivity index (χ2n) is 5.22. The maximum absolute atomic E-state index is 12.0. The summed E-state index contributed by atoms with van der Waals surface area (Å²) < 4.78 is 10.4. The molecular weight excluding hydrogens is 246 g/mol. The lowest BCUT2D eigenvalue weighted by molar-refractivity contribution is -0.163. The Kier molecular flexibility index (Phi) is 6.84. The Bertz CT molecular complexity index is 298. The predicted molar refractivity (Wildman–Crippen MR) is 71.4 cm³/mol. The second-order valence-corrected chi connectivity index (χ2v) is 5.22. The van der Waals surface area contributed by atoms with Crippen LogP contribution in [0.5, 0.6) is 0 Å². The van der Waals surface area contributed by atoms with Crippen LogP contribution in [0.3, 0.4) is 0 Å². The first-order valence-corrected chi connectivity index (χ1v) is 7.17.